The number of methoxy groups -OCH3 is 2. The number of ether oxygens (including phenoxy) is 2. The zero-order valence-corrected chi connectivity index (χ0v) is 39.7. The fourth-order valence-electron chi connectivity index (χ4n) is 9.01. The summed E-state index contributed by atoms with van der Waals surface area (Å²) in [6.07, 6.45) is 1.05. The zero-order chi connectivity index (χ0) is 46.4. The second-order valence-corrected chi connectivity index (χ2v) is 18.2. The van der Waals surface area contributed by atoms with E-state index in [1.54, 1.807) is 62.1 Å². The quantitative estimate of drug-likeness (QED) is 0.135. The number of hydrogen-bond donors (Lipinski definition) is 3. The number of likely N-dealkylation sites (N-methyl/N-ethyl adjacent to an activating group) is 3. The van der Waals surface area contributed by atoms with Crippen LogP contribution in [0, 0.1) is 23.7 Å². The van der Waals surface area contributed by atoms with E-state index in [2.05, 4.69) is 10.6 Å². The fraction of sp³-hybridized carbons (Fsp3) is 0.646. The molecule has 5 amide bonds. The number of benzene rings is 2. The number of anilines is 1. The molecule has 2 aromatic carbocycles. The van der Waals surface area contributed by atoms with Gasteiger partial charge in [0, 0.05) is 53.5 Å². The average Bonchev–Trinajstić information content (AvgIpc) is 3.72. The van der Waals surface area contributed by atoms with E-state index in [4.69, 9.17) is 15.2 Å². The van der Waals surface area contributed by atoms with E-state index in [-0.39, 0.29) is 53.7 Å². The van der Waals surface area contributed by atoms with Crippen LogP contribution in [-0.2, 0) is 46.4 Å². The Hall–Kier alpha value is -4.53. The summed E-state index contributed by atoms with van der Waals surface area (Å²) in [6.45, 7) is 14.5. The molecule has 0 radical (unpaired) electrons. The number of amides is 5. The van der Waals surface area contributed by atoms with Gasteiger partial charge in [-0.3, -0.25) is 28.9 Å². The second kappa shape index (κ2) is 24.4. The lowest BCUT2D eigenvalue weighted by Gasteiger charge is -2.41. The summed E-state index contributed by atoms with van der Waals surface area (Å²) in [5.74, 6) is -2.12. The largest absolute Gasteiger partial charge is 0.399 e. The van der Waals surface area contributed by atoms with Crippen molar-refractivity contribution in [1.29, 1.82) is 0 Å². The molecule has 0 aromatic heterocycles. The first-order chi connectivity index (χ1) is 29.3. The number of nitrogen functional groups attached to an aromatic ring is 1. The van der Waals surface area contributed by atoms with Crippen LogP contribution in [0.15, 0.2) is 54.6 Å². The Kier molecular flexibility index (Phi) is 20.4. The Bertz CT molecular complexity index is 1730. The molecule has 0 spiro atoms. The van der Waals surface area contributed by atoms with Gasteiger partial charge in [-0.2, -0.15) is 0 Å². The van der Waals surface area contributed by atoms with Gasteiger partial charge in [0.2, 0.25) is 29.5 Å². The first kappa shape index (κ1) is 51.8. The van der Waals surface area contributed by atoms with E-state index < -0.39 is 48.3 Å². The minimum atomic E-state index is -0.849. The molecule has 62 heavy (non-hydrogen) atoms. The van der Waals surface area contributed by atoms with Gasteiger partial charge in [-0.25, -0.2) is 0 Å². The number of rotatable bonds is 23. The van der Waals surface area contributed by atoms with Crippen molar-refractivity contribution in [2.45, 2.75) is 130 Å². The van der Waals surface area contributed by atoms with Crippen LogP contribution in [0.2, 0.25) is 0 Å². The van der Waals surface area contributed by atoms with Gasteiger partial charge in [-0.15, -0.1) is 0 Å². The molecule has 14 heteroatoms. The van der Waals surface area contributed by atoms with Gasteiger partial charge < -0.3 is 40.5 Å². The molecule has 0 saturated carbocycles. The molecular weight excluding hydrogens is 787 g/mol. The van der Waals surface area contributed by atoms with E-state index in [0.717, 1.165) is 24.0 Å². The van der Waals surface area contributed by atoms with Crippen LogP contribution in [0.25, 0.3) is 0 Å². The van der Waals surface area contributed by atoms with Gasteiger partial charge in [-0.1, -0.05) is 97.4 Å². The van der Waals surface area contributed by atoms with Crippen LogP contribution in [-0.4, -0.2) is 141 Å². The van der Waals surface area contributed by atoms with Crippen molar-refractivity contribution in [3.8, 4) is 0 Å². The van der Waals surface area contributed by atoms with Gasteiger partial charge in [-0.05, 0) is 68.0 Å². The van der Waals surface area contributed by atoms with E-state index >= 15 is 0 Å². The minimum Gasteiger partial charge on any atom is -0.399 e. The molecule has 1 aliphatic heterocycles. The van der Waals surface area contributed by atoms with E-state index in [1.807, 2.05) is 103 Å². The maximum Gasteiger partial charge on any atom is 0.245 e. The van der Waals surface area contributed by atoms with Crippen molar-refractivity contribution in [2.24, 2.45) is 23.7 Å². The van der Waals surface area contributed by atoms with Gasteiger partial charge in [0.25, 0.3) is 0 Å². The Morgan fingerprint density at radius 1 is 0.806 bits per heavy atom. The average molecular weight is 864 g/mol. The third kappa shape index (κ3) is 13.7. The standard InChI is InChI=1S/C48H77N7O7/c1-14-32(6)43(54(11)48(60)41(30(2)3)51-46(58)42(31(4)5)52(8)9)39(61-12)28-40(56)55-26-18-21-38(55)44(62-13)33(7)45(57)50-37(27-34-19-16-15-17-20-34)47(59)53(10)29-35-22-24-36(49)25-23-35/h15-17,19-20,22-25,30-33,37-39,41-44H,14,18,21,26-29,49H2,1-13H3,(H,50,57)(H,51,58)/t32-,33+,37+,38-,39+,41-,42-,43-,44+/m0/s1. The maximum absolute atomic E-state index is 14.4. The van der Waals surface area contributed by atoms with Crippen LogP contribution in [0.5, 0.6) is 0 Å². The van der Waals surface area contributed by atoms with Crippen LogP contribution in [0.1, 0.15) is 85.3 Å². The first-order valence-electron chi connectivity index (χ1n) is 22.3. The van der Waals surface area contributed by atoms with Gasteiger partial charge in [0.15, 0.2) is 0 Å². The molecule has 14 nitrogen and oxygen atoms in total. The molecular formula is C48H77N7O7. The summed E-state index contributed by atoms with van der Waals surface area (Å²) in [6, 6.07) is 14.0. The zero-order valence-electron chi connectivity index (χ0n) is 39.7. The van der Waals surface area contributed by atoms with Crippen molar-refractivity contribution in [2.75, 3.05) is 54.7 Å². The lowest BCUT2D eigenvalue weighted by Crippen LogP contribution is -2.59. The topological polar surface area (TPSA) is 167 Å². The van der Waals surface area contributed by atoms with Crippen molar-refractivity contribution in [3.63, 3.8) is 0 Å². The number of hydrogen-bond acceptors (Lipinski definition) is 9. The van der Waals surface area contributed by atoms with Crippen molar-refractivity contribution >= 4 is 35.2 Å². The number of carbonyl (C=O) groups is 5. The molecule has 4 N–H and O–H groups in total. The summed E-state index contributed by atoms with van der Waals surface area (Å²) < 4.78 is 12.1. The predicted octanol–water partition coefficient (Wildman–Crippen LogP) is 4.60. The summed E-state index contributed by atoms with van der Waals surface area (Å²) in [7, 11) is 10.3. The highest BCUT2D eigenvalue weighted by molar-refractivity contribution is 5.91. The van der Waals surface area contributed by atoms with E-state index in [9.17, 15) is 24.0 Å². The van der Waals surface area contributed by atoms with Crippen LogP contribution in [0.3, 0.4) is 0 Å². The first-order valence-corrected chi connectivity index (χ1v) is 22.3. The minimum absolute atomic E-state index is 0.000606. The number of nitrogens with one attached hydrogen (secondary N) is 2. The van der Waals surface area contributed by atoms with Gasteiger partial charge in [0.1, 0.15) is 12.1 Å². The summed E-state index contributed by atoms with van der Waals surface area (Å²) in [5, 5.41) is 6.09. The Morgan fingerprint density at radius 2 is 1.44 bits per heavy atom. The maximum atomic E-state index is 14.4. The smallest absolute Gasteiger partial charge is 0.245 e. The molecule has 1 saturated heterocycles. The van der Waals surface area contributed by atoms with Crippen LogP contribution < -0.4 is 16.4 Å². The highest BCUT2D eigenvalue weighted by Gasteiger charge is 2.43. The number of nitrogens with zero attached hydrogens (tertiary/aromatic N) is 4. The summed E-state index contributed by atoms with van der Waals surface area (Å²) in [5.41, 5.74) is 8.32. The van der Waals surface area contributed by atoms with Gasteiger partial charge >= 0.3 is 0 Å². The Labute approximate surface area is 371 Å². The molecule has 0 aliphatic carbocycles. The fourth-order valence-corrected chi connectivity index (χ4v) is 9.01. The van der Waals surface area contributed by atoms with Crippen molar-refractivity contribution in [3.05, 3.63) is 65.7 Å². The lowest BCUT2D eigenvalue weighted by atomic mass is 9.89. The molecule has 346 valence electrons. The number of likely N-dealkylation sites (tertiary alicyclic amines) is 1. The number of carbonyl (C=O) groups excluding carboxylic acids is 5. The molecule has 0 bridgehead atoms. The molecule has 1 heterocycles. The van der Waals surface area contributed by atoms with Crippen molar-refractivity contribution < 1.29 is 33.4 Å². The third-order valence-electron chi connectivity index (χ3n) is 12.6. The summed E-state index contributed by atoms with van der Waals surface area (Å²) in [4.78, 5) is 77.3. The van der Waals surface area contributed by atoms with Crippen LogP contribution >= 0.6 is 0 Å². The van der Waals surface area contributed by atoms with Gasteiger partial charge in [0.05, 0.1) is 42.7 Å². The van der Waals surface area contributed by atoms with E-state index in [1.165, 1.54) is 0 Å². The Morgan fingerprint density at radius 3 is 1.97 bits per heavy atom. The Balaban J connectivity index is 1.82. The molecule has 2 aromatic rings. The molecule has 3 rings (SSSR count). The second-order valence-electron chi connectivity index (χ2n) is 18.2. The molecule has 1 aliphatic rings. The normalized spacial score (nSPS) is 18.1. The lowest BCUT2D eigenvalue weighted by molar-refractivity contribution is -0.148. The predicted molar refractivity (Wildman–Crippen MR) is 245 cm³/mol. The molecule has 1 fully saturated rings. The third-order valence-corrected chi connectivity index (χ3v) is 12.6. The highest BCUT2D eigenvalue weighted by atomic mass is 16.5. The van der Waals surface area contributed by atoms with Crippen LogP contribution in [0.4, 0.5) is 5.69 Å². The number of nitrogens with two attached hydrogens (primary N) is 1. The summed E-state index contributed by atoms with van der Waals surface area (Å²) >= 11 is 0. The molecule has 9 atom stereocenters. The molecule has 0 unspecified atom stereocenters. The monoisotopic (exact) mass is 864 g/mol. The SMILES string of the molecule is CC[C@H](C)[C@@H]([C@@H](CC(=O)N1CCC[C@H]1[C@H](OC)[C@@H](C)C(=O)N[C@H](Cc1ccccc1)C(=O)N(C)Cc1ccc(N)cc1)OC)N(C)C(=O)[C@@H](NC(=O)[C@H](C(C)C)N(C)C)C(C)C. The van der Waals surface area contributed by atoms with Crippen molar-refractivity contribution in [1.82, 2.24) is 30.2 Å². The van der Waals surface area contributed by atoms with E-state index in [0.29, 0.717) is 31.6 Å². The highest BCUT2D eigenvalue weighted by Crippen LogP contribution is 2.30.